The molecule has 1 nitrogen and oxygen atoms in total. The molecule has 0 aromatic heterocycles. The highest BCUT2D eigenvalue weighted by Gasteiger charge is 2.50. The lowest BCUT2D eigenvalue weighted by molar-refractivity contribution is -0.138. The Morgan fingerprint density at radius 2 is 0.904 bits per heavy atom. The highest BCUT2D eigenvalue weighted by molar-refractivity contribution is 5.94. The predicted octanol–water partition coefficient (Wildman–Crippen LogP) is 15.5. The van der Waals surface area contributed by atoms with Crippen LogP contribution in [0.2, 0.25) is 0 Å². The van der Waals surface area contributed by atoms with Crippen molar-refractivity contribution in [3.05, 3.63) is 47.6 Å². The molecule has 4 aliphatic carbocycles. The molecule has 0 heterocycles. The van der Waals surface area contributed by atoms with Gasteiger partial charge in [0, 0.05) is 12.8 Å². The topological polar surface area (TPSA) is 17.1 Å². The molecular weight excluding hydrogens is 657 g/mol. The van der Waals surface area contributed by atoms with E-state index in [4.69, 9.17) is 0 Å². The second-order valence-corrected chi connectivity index (χ2v) is 17.6. The molecule has 4 rings (SSSR count). The van der Waals surface area contributed by atoms with Gasteiger partial charge in [-0.15, -0.1) is 0 Å². The van der Waals surface area contributed by atoms with Crippen LogP contribution in [0, 0.1) is 34.5 Å². The van der Waals surface area contributed by atoms with Crippen LogP contribution in [0.4, 0.5) is 17.6 Å². The van der Waals surface area contributed by atoms with Crippen molar-refractivity contribution in [1.29, 1.82) is 0 Å². The van der Waals surface area contributed by atoms with E-state index in [1.54, 1.807) is 12.2 Å². The van der Waals surface area contributed by atoms with E-state index in [0.29, 0.717) is 11.8 Å². The number of rotatable bonds is 24. The first-order chi connectivity index (χ1) is 25.2. The van der Waals surface area contributed by atoms with Crippen LogP contribution in [0.5, 0.6) is 0 Å². The van der Waals surface area contributed by atoms with Crippen LogP contribution in [0.3, 0.4) is 0 Å². The van der Waals surface area contributed by atoms with Crippen LogP contribution in [0.15, 0.2) is 47.6 Å². The summed E-state index contributed by atoms with van der Waals surface area (Å²) < 4.78 is 56.8. The maximum Gasteiger partial charge on any atom is 0.239 e. The number of Topliss-reactive ketones (excluding diaryl/α,β-unsaturated/α-hetero) is 1. The SMILES string of the molecule is CCCCCCCCCC1CCC(C2=CCC(CC(F)F)(C(=O)C3(CC(F)F)C=CC(C4CCC(CCCCCCCCC)CC4)=CC3)C=C2)CC1. The van der Waals surface area contributed by atoms with E-state index in [1.165, 1.54) is 128 Å². The molecule has 0 aromatic carbocycles. The molecular formula is C47H74F4O. The lowest BCUT2D eigenvalue weighted by Gasteiger charge is -2.42. The average molecular weight is 731 g/mol. The lowest BCUT2D eigenvalue weighted by Crippen LogP contribution is -2.45. The van der Waals surface area contributed by atoms with Crippen molar-refractivity contribution < 1.29 is 22.4 Å². The molecule has 2 fully saturated rings. The summed E-state index contributed by atoms with van der Waals surface area (Å²) in [6.45, 7) is 4.51. The number of alkyl halides is 4. The van der Waals surface area contributed by atoms with Gasteiger partial charge in [0.15, 0.2) is 5.78 Å². The fourth-order valence-electron chi connectivity index (χ4n) is 10.2. The zero-order chi connectivity index (χ0) is 37.2. The third-order valence-electron chi connectivity index (χ3n) is 13.6. The molecule has 0 radical (unpaired) electrons. The molecule has 0 spiro atoms. The summed E-state index contributed by atoms with van der Waals surface area (Å²) in [6.07, 6.45) is 35.5. The first-order valence-corrected chi connectivity index (χ1v) is 22.1. The Labute approximate surface area is 316 Å². The number of hydrogen-bond donors (Lipinski definition) is 0. The van der Waals surface area contributed by atoms with Crippen molar-refractivity contribution >= 4 is 5.78 Å². The van der Waals surface area contributed by atoms with Crippen molar-refractivity contribution in [1.82, 2.24) is 0 Å². The summed E-state index contributed by atoms with van der Waals surface area (Å²) >= 11 is 0. The summed E-state index contributed by atoms with van der Waals surface area (Å²) in [7, 11) is 0. The Hall–Kier alpha value is -1.65. The Morgan fingerprint density at radius 1 is 0.558 bits per heavy atom. The molecule has 0 bridgehead atoms. The van der Waals surface area contributed by atoms with E-state index in [-0.39, 0.29) is 12.8 Å². The highest BCUT2D eigenvalue weighted by Crippen LogP contribution is 2.50. The molecule has 2 atom stereocenters. The third-order valence-corrected chi connectivity index (χ3v) is 13.6. The Balaban J connectivity index is 1.30. The van der Waals surface area contributed by atoms with E-state index in [9.17, 15) is 22.4 Å². The zero-order valence-electron chi connectivity index (χ0n) is 33.1. The van der Waals surface area contributed by atoms with Crippen LogP contribution < -0.4 is 0 Å². The Bertz CT molecular complexity index is 1060. The van der Waals surface area contributed by atoms with Crippen LogP contribution in [-0.2, 0) is 4.79 Å². The van der Waals surface area contributed by atoms with Gasteiger partial charge >= 0.3 is 0 Å². The van der Waals surface area contributed by atoms with Crippen molar-refractivity contribution in [2.24, 2.45) is 34.5 Å². The van der Waals surface area contributed by atoms with E-state index >= 15 is 0 Å². The molecule has 2 saturated carbocycles. The van der Waals surface area contributed by atoms with Gasteiger partial charge < -0.3 is 0 Å². The van der Waals surface area contributed by atoms with Gasteiger partial charge in [0.05, 0.1) is 10.8 Å². The second kappa shape index (κ2) is 22.7. The largest absolute Gasteiger partial charge is 0.298 e. The Morgan fingerprint density at radius 3 is 1.21 bits per heavy atom. The van der Waals surface area contributed by atoms with Crippen LogP contribution in [0.1, 0.15) is 194 Å². The molecule has 0 saturated heterocycles. The summed E-state index contributed by atoms with van der Waals surface area (Å²) in [5.41, 5.74) is -0.604. The fraction of sp³-hybridized carbons (Fsp3) is 0.809. The minimum Gasteiger partial charge on any atom is -0.298 e. The van der Waals surface area contributed by atoms with Gasteiger partial charge in [-0.1, -0.05) is 153 Å². The number of hydrogen-bond acceptors (Lipinski definition) is 1. The maximum atomic E-state index is 14.5. The van der Waals surface area contributed by atoms with Gasteiger partial charge in [-0.05, 0) is 99.0 Å². The zero-order valence-corrected chi connectivity index (χ0v) is 33.1. The molecule has 0 aliphatic heterocycles. The molecule has 4 aliphatic rings. The molecule has 0 aromatic rings. The van der Waals surface area contributed by atoms with Gasteiger partial charge in [0.2, 0.25) is 12.9 Å². The van der Waals surface area contributed by atoms with E-state index in [1.807, 2.05) is 24.3 Å². The monoisotopic (exact) mass is 731 g/mol. The minimum atomic E-state index is -2.69. The van der Waals surface area contributed by atoms with Crippen molar-refractivity contribution in [3.63, 3.8) is 0 Å². The first kappa shape index (κ1) is 43.1. The average Bonchev–Trinajstić information content (AvgIpc) is 3.14. The maximum absolute atomic E-state index is 14.5. The lowest BCUT2D eigenvalue weighted by atomic mass is 9.60. The highest BCUT2D eigenvalue weighted by atomic mass is 19.3. The summed E-state index contributed by atoms with van der Waals surface area (Å²) in [5.74, 6) is 1.88. The smallest absolute Gasteiger partial charge is 0.239 e. The molecule has 52 heavy (non-hydrogen) atoms. The van der Waals surface area contributed by atoms with Crippen molar-refractivity contribution in [2.45, 2.75) is 206 Å². The van der Waals surface area contributed by atoms with Gasteiger partial charge in [-0.3, -0.25) is 4.79 Å². The molecule has 0 amide bonds. The molecule has 296 valence electrons. The molecule has 0 N–H and O–H groups in total. The standard InChI is InChI=1S/C47H74F4O/c1-3-5-7-9-11-13-15-17-37-19-23-39(24-20-37)41-27-31-46(32-28-41,35-43(48)49)45(52)47(36-44(50)51)33-29-42(30-34-47)40-25-21-38(22-26-40)18-16-14-12-10-8-6-4-2/h27-31,33,37-40,43-44H,3-26,32,34-36H2,1-2H3. The van der Waals surface area contributed by atoms with E-state index < -0.39 is 42.3 Å². The third kappa shape index (κ3) is 13.3. The number of unbranched alkanes of at least 4 members (excludes halogenated alkanes) is 12. The van der Waals surface area contributed by atoms with Crippen LogP contribution in [0.25, 0.3) is 0 Å². The number of halogens is 4. The van der Waals surface area contributed by atoms with Gasteiger partial charge in [0.1, 0.15) is 0 Å². The van der Waals surface area contributed by atoms with Gasteiger partial charge in [-0.25, -0.2) is 17.6 Å². The number of carbonyl (C=O) groups excluding carboxylic acids is 1. The second-order valence-electron chi connectivity index (χ2n) is 17.6. The summed E-state index contributed by atoms with van der Waals surface area (Å²) in [5, 5.41) is 0. The number of allylic oxidation sites excluding steroid dienone is 8. The Kier molecular flexibility index (Phi) is 18.8. The molecule has 5 heteroatoms. The van der Waals surface area contributed by atoms with Crippen LogP contribution >= 0.6 is 0 Å². The quantitative estimate of drug-likeness (QED) is 0.0714. The van der Waals surface area contributed by atoms with Crippen molar-refractivity contribution in [2.75, 3.05) is 0 Å². The normalized spacial score (nSPS) is 29.5. The summed E-state index contributed by atoms with van der Waals surface area (Å²) in [4.78, 5) is 14.5. The van der Waals surface area contributed by atoms with Crippen molar-refractivity contribution in [3.8, 4) is 0 Å². The first-order valence-electron chi connectivity index (χ1n) is 22.1. The van der Waals surface area contributed by atoms with Gasteiger partial charge in [0.25, 0.3) is 0 Å². The summed E-state index contributed by atoms with van der Waals surface area (Å²) in [6, 6.07) is 0. The number of ketones is 1. The molecule has 2 unspecified atom stereocenters. The van der Waals surface area contributed by atoms with E-state index in [2.05, 4.69) is 13.8 Å². The number of carbonyl (C=O) groups is 1. The minimum absolute atomic E-state index is 0.179. The van der Waals surface area contributed by atoms with Crippen LogP contribution in [-0.4, -0.2) is 18.6 Å². The predicted molar refractivity (Wildman–Crippen MR) is 211 cm³/mol. The fourth-order valence-corrected chi connectivity index (χ4v) is 10.2. The van der Waals surface area contributed by atoms with Gasteiger partial charge in [-0.2, -0.15) is 0 Å². The van der Waals surface area contributed by atoms with E-state index in [0.717, 1.165) is 48.7 Å².